The molecule has 0 aromatic carbocycles. The van der Waals surface area contributed by atoms with Crippen molar-refractivity contribution in [3.8, 4) is 0 Å². The first-order valence-electron chi connectivity index (χ1n) is 7.71. The molecule has 4 nitrogen and oxygen atoms in total. The third kappa shape index (κ3) is 3.16. The van der Waals surface area contributed by atoms with E-state index in [1.54, 1.807) is 0 Å². The van der Waals surface area contributed by atoms with E-state index in [4.69, 9.17) is 0 Å². The van der Waals surface area contributed by atoms with Gasteiger partial charge in [0, 0.05) is 31.5 Å². The van der Waals surface area contributed by atoms with Crippen LogP contribution >= 0.6 is 0 Å². The summed E-state index contributed by atoms with van der Waals surface area (Å²) in [7, 11) is 0. The molecule has 1 saturated heterocycles. The van der Waals surface area contributed by atoms with Gasteiger partial charge in [-0.15, -0.1) is 0 Å². The third-order valence-corrected chi connectivity index (χ3v) is 4.69. The van der Waals surface area contributed by atoms with Crippen molar-refractivity contribution in [3.05, 3.63) is 0 Å². The van der Waals surface area contributed by atoms with Gasteiger partial charge in [0.1, 0.15) is 5.78 Å². The molecule has 1 aliphatic heterocycles. The molecule has 1 heterocycles. The second-order valence-corrected chi connectivity index (χ2v) is 5.71. The molecule has 0 bridgehead atoms. The van der Waals surface area contributed by atoms with Gasteiger partial charge >= 0.3 is 0 Å². The summed E-state index contributed by atoms with van der Waals surface area (Å²) >= 11 is 0. The molecule has 4 heteroatoms. The van der Waals surface area contributed by atoms with Crippen molar-refractivity contribution in [1.29, 1.82) is 0 Å². The quantitative estimate of drug-likeness (QED) is 0.760. The normalized spacial score (nSPS) is 28.0. The maximum atomic E-state index is 12.2. The van der Waals surface area contributed by atoms with Gasteiger partial charge in [0.25, 0.3) is 0 Å². The van der Waals surface area contributed by atoms with Gasteiger partial charge in [-0.1, -0.05) is 0 Å². The van der Waals surface area contributed by atoms with E-state index in [-0.39, 0.29) is 11.8 Å². The number of carbonyl (C=O) groups excluding carboxylic acids is 2. The fourth-order valence-corrected chi connectivity index (χ4v) is 3.60. The van der Waals surface area contributed by atoms with Crippen molar-refractivity contribution in [2.75, 3.05) is 26.2 Å². The first kappa shape index (κ1) is 14.5. The molecule has 2 aliphatic rings. The van der Waals surface area contributed by atoms with E-state index in [0.29, 0.717) is 18.4 Å². The monoisotopic (exact) mass is 266 g/mol. The maximum absolute atomic E-state index is 12.2. The topological polar surface area (TPSA) is 40.6 Å². The van der Waals surface area contributed by atoms with Crippen LogP contribution in [0, 0.1) is 5.92 Å². The number of rotatable bonds is 5. The van der Waals surface area contributed by atoms with E-state index >= 15 is 0 Å². The van der Waals surface area contributed by atoms with Crippen LogP contribution in [0.1, 0.15) is 46.0 Å². The summed E-state index contributed by atoms with van der Waals surface area (Å²) in [5, 5.41) is 0. The average molecular weight is 266 g/mol. The molecule has 2 fully saturated rings. The predicted molar refractivity (Wildman–Crippen MR) is 74.9 cm³/mol. The van der Waals surface area contributed by atoms with Crippen molar-refractivity contribution in [3.63, 3.8) is 0 Å². The summed E-state index contributed by atoms with van der Waals surface area (Å²) in [6.45, 7) is 7.05. The Labute approximate surface area is 116 Å². The van der Waals surface area contributed by atoms with Crippen LogP contribution < -0.4 is 0 Å². The first-order chi connectivity index (χ1) is 9.17. The van der Waals surface area contributed by atoms with Crippen LogP contribution in [0.15, 0.2) is 0 Å². The van der Waals surface area contributed by atoms with Crippen molar-refractivity contribution in [2.24, 2.45) is 5.92 Å². The highest BCUT2D eigenvalue weighted by molar-refractivity contribution is 5.84. The lowest BCUT2D eigenvalue weighted by atomic mass is 9.95. The van der Waals surface area contributed by atoms with Gasteiger partial charge in [-0.2, -0.15) is 0 Å². The summed E-state index contributed by atoms with van der Waals surface area (Å²) in [6.07, 6.45) is 5.03. The number of hydrogen-bond donors (Lipinski definition) is 0. The maximum Gasteiger partial charge on any atom is 0.236 e. The number of carbonyl (C=O) groups is 2. The van der Waals surface area contributed by atoms with Gasteiger partial charge in [-0.3, -0.25) is 14.5 Å². The number of likely N-dealkylation sites (N-methyl/N-ethyl adjacent to an activating group) is 1. The number of likely N-dealkylation sites (tertiary alicyclic amines) is 1. The van der Waals surface area contributed by atoms with E-state index < -0.39 is 0 Å². The molecule has 108 valence electrons. The summed E-state index contributed by atoms with van der Waals surface area (Å²) < 4.78 is 0. The van der Waals surface area contributed by atoms with E-state index in [9.17, 15) is 9.59 Å². The molecule has 2 atom stereocenters. The van der Waals surface area contributed by atoms with Crippen LogP contribution in [-0.4, -0.2) is 53.7 Å². The van der Waals surface area contributed by atoms with E-state index in [2.05, 4.69) is 4.90 Å². The Hall–Kier alpha value is -0.900. The molecule has 2 rings (SSSR count). The van der Waals surface area contributed by atoms with Crippen LogP contribution in [0.2, 0.25) is 0 Å². The Morgan fingerprint density at radius 2 is 2.00 bits per heavy atom. The third-order valence-electron chi connectivity index (χ3n) is 4.69. The average Bonchev–Trinajstić information content (AvgIpc) is 2.99. The Morgan fingerprint density at radius 3 is 2.58 bits per heavy atom. The molecule has 0 aromatic rings. The molecule has 0 radical (unpaired) electrons. The van der Waals surface area contributed by atoms with E-state index in [1.165, 1.54) is 0 Å². The number of Topliss-reactive ketones (excluding diaryl/α,β-unsaturated/α-hetero) is 1. The Balaban J connectivity index is 1.95. The highest BCUT2D eigenvalue weighted by atomic mass is 16.2. The molecule has 0 N–H and O–H groups in total. The van der Waals surface area contributed by atoms with Crippen molar-refractivity contribution < 1.29 is 9.59 Å². The second-order valence-electron chi connectivity index (χ2n) is 5.71. The van der Waals surface area contributed by atoms with Gasteiger partial charge in [-0.25, -0.2) is 0 Å². The smallest absolute Gasteiger partial charge is 0.236 e. The minimum Gasteiger partial charge on any atom is -0.342 e. The molecule has 1 aliphatic carbocycles. The fraction of sp³-hybridized carbons (Fsp3) is 0.867. The SMILES string of the molecule is CCN(CC)C(=O)CN1CCCC1C1CCCC1=O. The molecule has 19 heavy (non-hydrogen) atoms. The number of amides is 1. The zero-order valence-corrected chi connectivity index (χ0v) is 12.2. The number of ketones is 1. The molecule has 2 unspecified atom stereocenters. The van der Waals surface area contributed by atoms with Crippen molar-refractivity contribution >= 4 is 11.7 Å². The Kier molecular flexibility index (Phi) is 4.97. The van der Waals surface area contributed by atoms with Gasteiger partial charge < -0.3 is 4.90 Å². The summed E-state index contributed by atoms with van der Waals surface area (Å²) in [4.78, 5) is 28.3. The summed E-state index contributed by atoms with van der Waals surface area (Å²) in [5.41, 5.74) is 0. The molecule has 1 saturated carbocycles. The lowest BCUT2D eigenvalue weighted by molar-refractivity contribution is -0.133. The van der Waals surface area contributed by atoms with Crippen LogP contribution in [0.25, 0.3) is 0 Å². The minimum atomic E-state index is 0.201. The lowest BCUT2D eigenvalue weighted by Gasteiger charge is -2.30. The number of nitrogens with zero attached hydrogens (tertiary/aromatic N) is 2. The highest BCUT2D eigenvalue weighted by Gasteiger charge is 2.38. The zero-order chi connectivity index (χ0) is 13.8. The van der Waals surface area contributed by atoms with Gasteiger partial charge in [0.15, 0.2) is 0 Å². The summed E-state index contributed by atoms with van der Waals surface area (Å²) in [6, 6.07) is 0.328. The number of hydrogen-bond acceptors (Lipinski definition) is 3. The van der Waals surface area contributed by atoms with E-state index in [0.717, 1.165) is 51.7 Å². The van der Waals surface area contributed by atoms with Crippen LogP contribution in [0.4, 0.5) is 0 Å². The van der Waals surface area contributed by atoms with Gasteiger partial charge in [0.05, 0.1) is 6.54 Å². The lowest BCUT2D eigenvalue weighted by Crippen LogP contribution is -2.45. The fourth-order valence-electron chi connectivity index (χ4n) is 3.60. The Morgan fingerprint density at radius 1 is 1.26 bits per heavy atom. The molecule has 0 aromatic heterocycles. The van der Waals surface area contributed by atoms with Crippen LogP contribution in [0.3, 0.4) is 0 Å². The Bertz CT molecular complexity index is 339. The minimum absolute atomic E-state index is 0.201. The largest absolute Gasteiger partial charge is 0.342 e. The second kappa shape index (κ2) is 6.51. The van der Waals surface area contributed by atoms with Crippen molar-refractivity contribution in [2.45, 2.75) is 52.0 Å². The highest BCUT2D eigenvalue weighted by Crippen LogP contribution is 2.33. The predicted octanol–water partition coefficient (Wildman–Crippen LogP) is 1.69. The molecular formula is C15H26N2O2. The summed E-state index contributed by atoms with van der Waals surface area (Å²) in [5.74, 6) is 0.835. The molecular weight excluding hydrogens is 240 g/mol. The zero-order valence-electron chi connectivity index (χ0n) is 12.2. The molecule has 0 spiro atoms. The van der Waals surface area contributed by atoms with Gasteiger partial charge in [0.2, 0.25) is 5.91 Å². The molecule has 1 amide bonds. The standard InChI is InChI=1S/C15H26N2O2/c1-3-16(4-2)15(19)11-17-10-6-8-13(17)12-7-5-9-14(12)18/h12-13H,3-11H2,1-2H3. The van der Waals surface area contributed by atoms with Crippen LogP contribution in [-0.2, 0) is 9.59 Å². The first-order valence-corrected chi connectivity index (χ1v) is 7.71. The van der Waals surface area contributed by atoms with Crippen LogP contribution in [0.5, 0.6) is 0 Å². The van der Waals surface area contributed by atoms with E-state index in [1.807, 2.05) is 18.7 Å². The van der Waals surface area contributed by atoms with Gasteiger partial charge in [-0.05, 0) is 46.1 Å². The van der Waals surface area contributed by atoms with Crippen molar-refractivity contribution in [1.82, 2.24) is 9.80 Å².